The van der Waals surface area contributed by atoms with Crippen LogP contribution < -0.4 is 10.5 Å². The van der Waals surface area contributed by atoms with Crippen LogP contribution in [0.3, 0.4) is 0 Å². The monoisotopic (exact) mass is 392 g/mol. The molecule has 0 bridgehead atoms. The van der Waals surface area contributed by atoms with Gasteiger partial charge >= 0.3 is 0 Å². The number of hydrogen-bond donors (Lipinski definition) is 1. The maximum Gasteiger partial charge on any atom is 0.254 e. The Balaban J connectivity index is 0.00000196. The highest BCUT2D eigenvalue weighted by atomic mass is 35.5. The van der Waals surface area contributed by atoms with E-state index in [4.69, 9.17) is 22.1 Å². The van der Waals surface area contributed by atoms with Crippen molar-refractivity contribution in [3.8, 4) is 11.5 Å². The van der Waals surface area contributed by atoms with E-state index in [2.05, 4.69) is 0 Å². The lowest BCUT2D eigenvalue weighted by Crippen LogP contribution is -2.33. The van der Waals surface area contributed by atoms with Gasteiger partial charge in [0.2, 0.25) is 0 Å². The number of carbonyl (C=O) groups is 1. The van der Waals surface area contributed by atoms with Gasteiger partial charge in [-0.1, -0.05) is 17.7 Å². The number of fused-ring (bicyclic) bond motifs is 1. The van der Waals surface area contributed by atoms with Gasteiger partial charge < -0.3 is 15.4 Å². The Morgan fingerprint density at radius 3 is 2.58 bits per heavy atom. The summed E-state index contributed by atoms with van der Waals surface area (Å²) in [7, 11) is 0. The van der Waals surface area contributed by atoms with E-state index < -0.39 is 0 Å². The molecule has 4 rings (SSSR count). The third-order valence-electron chi connectivity index (χ3n) is 5.33. The van der Waals surface area contributed by atoms with Crippen LogP contribution in [0.25, 0.3) is 0 Å². The largest absolute Gasteiger partial charge is 0.457 e. The number of amides is 1. The lowest BCUT2D eigenvalue weighted by atomic mass is 9.98. The Labute approximate surface area is 164 Å². The Kier molecular flexibility index (Phi) is 5.76. The molecule has 6 heteroatoms. The molecule has 2 aromatic rings. The molecule has 1 saturated carbocycles. The van der Waals surface area contributed by atoms with E-state index in [0.717, 1.165) is 25.9 Å². The second-order valence-corrected chi connectivity index (χ2v) is 7.40. The van der Waals surface area contributed by atoms with E-state index >= 15 is 0 Å². The molecule has 3 unspecified atom stereocenters. The zero-order valence-electron chi connectivity index (χ0n) is 14.3. The van der Waals surface area contributed by atoms with Crippen molar-refractivity contribution < 1.29 is 9.53 Å². The van der Waals surface area contributed by atoms with Crippen molar-refractivity contribution in [2.24, 2.45) is 17.6 Å². The van der Waals surface area contributed by atoms with Crippen LogP contribution in [0.5, 0.6) is 11.5 Å². The predicted octanol–water partition coefficient (Wildman–Crippen LogP) is 4.36. The number of carbonyl (C=O) groups excluding carboxylic acids is 1. The number of hydrogen-bond acceptors (Lipinski definition) is 3. The summed E-state index contributed by atoms with van der Waals surface area (Å²) < 4.78 is 5.83. The average molecular weight is 393 g/mol. The van der Waals surface area contributed by atoms with Crippen molar-refractivity contribution in [2.75, 3.05) is 13.1 Å². The van der Waals surface area contributed by atoms with E-state index in [1.165, 1.54) is 0 Å². The van der Waals surface area contributed by atoms with Crippen LogP contribution in [-0.4, -0.2) is 29.9 Å². The Bertz CT molecular complexity index is 782. The minimum Gasteiger partial charge on any atom is -0.457 e. The number of benzene rings is 2. The normalized spacial score (nSPS) is 24.1. The minimum absolute atomic E-state index is 0. The maximum atomic E-state index is 12.8. The molecular formula is C20H22Cl2N2O2. The first-order chi connectivity index (χ1) is 12.1. The van der Waals surface area contributed by atoms with E-state index in [9.17, 15) is 4.79 Å². The first kappa shape index (κ1) is 19.0. The fourth-order valence-electron chi connectivity index (χ4n) is 3.99. The van der Waals surface area contributed by atoms with Crippen LogP contribution in [0.4, 0.5) is 0 Å². The van der Waals surface area contributed by atoms with Gasteiger partial charge in [-0.2, -0.15) is 0 Å². The topological polar surface area (TPSA) is 55.6 Å². The summed E-state index contributed by atoms with van der Waals surface area (Å²) in [5, 5.41) is 0.661. The van der Waals surface area contributed by atoms with Crippen molar-refractivity contribution in [2.45, 2.75) is 18.9 Å². The molecule has 1 saturated heterocycles. The Morgan fingerprint density at radius 1 is 1.08 bits per heavy atom. The van der Waals surface area contributed by atoms with E-state index in [1.807, 2.05) is 23.1 Å². The fraction of sp³-hybridized carbons (Fsp3) is 0.350. The first-order valence-electron chi connectivity index (χ1n) is 8.68. The summed E-state index contributed by atoms with van der Waals surface area (Å²) in [5.41, 5.74) is 6.83. The molecule has 0 spiro atoms. The number of rotatable bonds is 3. The predicted molar refractivity (Wildman–Crippen MR) is 105 cm³/mol. The van der Waals surface area contributed by atoms with Crippen molar-refractivity contribution >= 4 is 29.9 Å². The van der Waals surface area contributed by atoms with Gasteiger partial charge in [-0.15, -0.1) is 12.4 Å². The zero-order chi connectivity index (χ0) is 17.4. The molecule has 1 aliphatic heterocycles. The second-order valence-electron chi connectivity index (χ2n) is 6.96. The Hall–Kier alpha value is -1.75. The van der Waals surface area contributed by atoms with Crippen LogP contribution >= 0.6 is 24.0 Å². The highest BCUT2D eigenvalue weighted by Crippen LogP contribution is 2.37. The molecule has 3 atom stereocenters. The molecule has 1 aliphatic carbocycles. The average Bonchev–Trinajstić information content (AvgIpc) is 3.19. The highest BCUT2D eigenvalue weighted by molar-refractivity contribution is 6.30. The minimum atomic E-state index is 0. The van der Waals surface area contributed by atoms with Gasteiger partial charge in [-0.25, -0.2) is 0 Å². The van der Waals surface area contributed by atoms with Crippen LogP contribution in [-0.2, 0) is 0 Å². The van der Waals surface area contributed by atoms with Gasteiger partial charge in [0.25, 0.3) is 5.91 Å². The number of nitrogens with zero attached hydrogens (tertiary/aromatic N) is 1. The Morgan fingerprint density at radius 2 is 1.85 bits per heavy atom. The summed E-state index contributed by atoms with van der Waals surface area (Å²) in [4.78, 5) is 14.8. The van der Waals surface area contributed by atoms with Gasteiger partial charge in [-0.3, -0.25) is 4.79 Å². The maximum absolute atomic E-state index is 12.8. The lowest BCUT2D eigenvalue weighted by Gasteiger charge is -2.19. The number of likely N-dealkylation sites (tertiary alicyclic amines) is 1. The summed E-state index contributed by atoms with van der Waals surface area (Å²) >= 11 is 5.89. The summed E-state index contributed by atoms with van der Waals surface area (Å²) in [5.74, 6) is 2.41. The smallest absolute Gasteiger partial charge is 0.254 e. The molecule has 26 heavy (non-hydrogen) atoms. The molecule has 2 aliphatic rings. The third-order valence-corrected chi connectivity index (χ3v) is 5.58. The molecule has 0 radical (unpaired) electrons. The molecule has 2 N–H and O–H groups in total. The van der Waals surface area contributed by atoms with Gasteiger partial charge in [0, 0.05) is 29.7 Å². The quantitative estimate of drug-likeness (QED) is 0.843. The molecule has 1 heterocycles. The van der Waals surface area contributed by atoms with Crippen LogP contribution in [0, 0.1) is 11.8 Å². The molecule has 2 fully saturated rings. The van der Waals surface area contributed by atoms with E-state index in [0.29, 0.717) is 33.9 Å². The van der Waals surface area contributed by atoms with Gasteiger partial charge in [0.1, 0.15) is 11.5 Å². The number of ether oxygens (including phenoxy) is 1. The van der Waals surface area contributed by atoms with Crippen molar-refractivity contribution in [3.63, 3.8) is 0 Å². The zero-order valence-corrected chi connectivity index (χ0v) is 15.9. The van der Waals surface area contributed by atoms with Gasteiger partial charge in [0.05, 0.1) is 0 Å². The summed E-state index contributed by atoms with van der Waals surface area (Å²) in [6.07, 6.45) is 2.22. The van der Waals surface area contributed by atoms with Crippen molar-refractivity contribution in [3.05, 3.63) is 59.1 Å². The van der Waals surface area contributed by atoms with Gasteiger partial charge in [-0.05, 0) is 67.1 Å². The van der Waals surface area contributed by atoms with E-state index in [-0.39, 0.29) is 24.4 Å². The highest BCUT2D eigenvalue weighted by Gasteiger charge is 2.42. The molecule has 138 valence electrons. The van der Waals surface area contributed by atoms with Crippen LogP contribution in [0.2, 0.25) is 5.02 Å². The molecule has 4 nitrogen and oxygen atoms in total. The standard InChI is InChI=1S/C20H21ClN2O2.ClH/c21-15-5-7-16(8-6-15)25-17-3-1-2-13(10-17)20(24)23-11-14-4-9-19(22)18(14)12-23;/h1-3,5-8,10,14,18-19H,4,9,11-12,22H2;1H. The molecule has 1 amide bonds. The van der Waals surface area contributed by atoms with Gasteiger partial charge in [0.15, 0.2) is 0 Å². The fourth-order valence-corrected chi connectivity index (χ4v) is 4.11. The first-order valence-corrected chi connectivity index (χ1v) is 9.06. The lowest BCUT2D eigenvalue weighted by molar-refractivity contribution is 0.0779. The van der Waals surface area contributed by atoms with Crippen molar-refractivity contribution in [1.82, 2.24) is 4.90 Å². The second kappa shape index (κ2) is 7.87. The summed E-state index contributed by atoms with van der Waals surface area (Å²) in [6.45, 7) is 1.59. The van der Waals surface area contributed by atoms with Crippen LogP contribution in [0.1, 0.15) is 23.2 Å². The van der Waals surface area contributed by atoms with Crippen LogP contribution in [0.15, 0.2) is 48.5 Å². The number of halogens is 2. The van der Waals surface area contributed by atoms with E-state index in [1.54, 1.807) is 30.3 Å². The number of nitrogens with two attached hydrogens (primary N) is 1. The molecule has 0 aromatic heterocycles. The molecular weight excluding hydrogens is 371 g/mol. The van der Waals surface area contributed by atoms with Crippen molar-refractivity contribution in [1.29, 1.82) is 0 Å². The summed E-state index contributed by atoms with van der Waals surface area (Å²) in [6, 6.07) is 14.7. The third kappa shape index (κ3) is 3.83. The SMILES string of the molecule is Cl.NC1CCC2CN(C(=O)c3cccc(Oc4ccc(Cl)cc4)c3)CC12. The molecule has 2 aromatic carbocycles.